The molecule has 0 aliphatic heterocycles. The van der Waals surface area contributed by atoms with Crippen molar-refractivity contribution in [3.8, 4) is 0 Å². The highest BCUT2D eigenvalue weighted by Crippen LogP contribution is 2.23. The van der Waals surface area contributed by atoms with E-state index in [4.69, 9.17) is 10.5 Å². The van der Waals surface area contributed by atoms with Gasteiger partial charge < -0.3 is 15.8 Å². The van der Waals surface area contributed by atoms with Crippen LogP contribution in [0.25, 0.3) is 0 Å². The first-order chi connectivity index (χ1) is 12.3. The fraction of sp³-hybridized carbons (Fsp3) is 0.222. The largest absolute Gasteiger partial charge is 0.449 e. The number of nitro benzene ring substituents is 1. The molecule has 2 aromatic rings. The molecule has 0 aromatic heterocycles. The number of aryl methyl sites for hydroxylation is 1. The first-order valence-corrected chi connectivity index (χ1v) is 7.96. The molecular weight excluding hydrogens is 338 g/mol. The van der Waals surface area contributed by atoms with Crippen molar-refractivity contribution in [2.75, 3.05) is 11.1 Å². The van der Waals surface area contributed by atoms with Crippen LogP contribution < -0.4 is 11.1 Å². The summed E-state index contributed by atoms with van der Waals surface area (Å²) in [6.07, 6.45) is -0.194. The molecule has 0 saturated heterocycles. The molecule has 2 aromatic carbocycles. The number of anilines is 2. The van der Waals surface area contributed by atoms with Crippen molar-refractivity contribution in [2.45, 2.75) is 26.4 Å². The molecular formula is C18H19N3O5. The van der Waals surface area contributed by atoms with Gasteiger partial charge in [-0.3, -0.25) is 14.9 Å². The molecule has 0 aliphatic rings. The summed E-state index contributed by atoms with van der Waals surface area (Å²) in [5.74, 6) is -1.36. The van der Waals surface area contributed by atoms with Crippen molar-refractivity contribution in [1.29, 1.82) is 0 Å². The molecule has 26 heavy (non-hydrogen) atoms. The maximum Gasteiger partial charge on any atom is 0.339 e. The lowest BCUT2D eigenvalue weighted by Gasteiger charge is -2.14. The zero-order chi connectivity index (χ0) is 19.3. The SMILES string of the molecule is CCc1ccc(NC(=O)[C@@H](C)OC(=O)c2ccc(N)c([N+](=O)[O-])c2)cc1. The lowest BCUT2D eigenvalue weighted by atomic mass is 10.1. The van der Waals surface area contributed by atoms with Crippen molar-refractivity contribution in [3.05, 3.63) is 63.7 Å². The van der Waals surface area contributed by atoms with Crippen LogP contribution in [0.5, 0.6) is 0 Å². The smallest absolute Gasteiger partial charge is 0.339 e. The average Bonchev–Trinajstić information content (AvgIpc) is 2.62. The highest BCUT2D eigenvalue weighted by molar-refractivity contribution is 5.97. The number of nitrogen functional groups attached to an aromatic ring is 1. The van der Waals surface area contributed by atoms with E-state index in [9.17, 15) is 19.7 Å². The van der Waals surface area contributed by atoms with Gasteiger partial charge in [-0.15, -0.1) is 0 Å². The van der Waals surface area contributed by atoms with E-state index in [1.54, 1.807) is 12.1 Å². The zero-order valence-corrected chi connectivity index (χ0v) is 14.4. The number of rotatable bonds is 6. The molecule has 0 radical (unpaired) electrons. The van der Waals surface area contributed by atoms with Crippen LogP contribution >= 0.6 is 0 Å². The van der Waals surface area contributed by atoms with E-state index in [-0.39, 0.29) is 11.3 Å². The van der Waals surface area contributed by atoms with Gasteiger partial charge in [-0.25, -0.2) is 4.79 Å². The van der Waals surface area contributed by atoms with Gasteiger partial charge in [0, 0.05) is 11.8 Å². The van der Waals surface area contributed by atoms with E-state index in [1.807, 2.05) is 19.1 Å². The number of benzene rings is 2. The highest BCUT2D eigenvalue weighted by atomic mass is 16.6. The Morgan fingerprint density at radius 2 is 1.88 bits per heavy atom. The highest BCUT2D eigenvalue weighted by Gasteiger charge is 2.21. The average molecular weight is 357 g/mol. The Morgan fingerprint density at radius 1 is 1.23 bits per heavy atom. The van der Waals surface area contributed by atoms with Gasteiger partial charge in [0.15, 0.2) is 6.10 Å². The number of carbonyl (C=O) groups excluding carboxylic acids is 2. The van der Waals surface area contributed by atoms with Crippen LogP contribution in [0.3, 0.4) is 0 Å². The predicted molar refractivity (Wildman–Crippen MR) is 96.8 cm³/mol. The van der Waals surface area contributed by atoms with Crippen molar-refractivity contribution < 1.29 is 19.2 Å². The number of hydrogen-bond donors (Lipinski definition) is 2. The lowest BCUT2D eigenvalue weighted by molar-refractivity contribution is -0.383. The van der Waals surface area contributed by atoms with Gasteiger partial charge in [-0.05, 0) is 43.2 Å². The number of esters is 1. The molecule has 8 nitrogen and oxygen atoms in total. The molecule has 0 heterocycles. The summed E-state index contributed by atoms with van der Waals surface area (Å²) >= 11 is 0. The predicted octanol–water partition coefficient (Wildman–Crippen LogP) is 2.92. The summed E-state index contributed by atoms with van der Waals surface area (Å²) in [5, 5.41) is 13.5. The molecule has 0 bridgehead atoms. The first-order valence-electron chi connectivity index (χ1n) is 7.96. The zero-order valence-electron chi connectivity index (χ0n) is 14.4. The molecule has 0 spiro atoms. The molecule has 1 amide bonds. The maximum atomic E-state index is 12.1. The fourth-order valence-electron chi connectivity index (χ4n) is 2.18. The molecule has 3 N–H and O–H groups in total. The van der Waals surface area contributed by atoms with Gasteiger partial charge in [0.25, 0.3) is 11.6 Å². The number of nitrogens with zero attached hydrogens (tertiary/aromatic N) is 1. The van der Waals surface area contributed by atoms with Crippen molar-refractivity contribution in [1.82, 2.24) is 0 Å². The number of hydrogen-bond acceptors (Lipinski definition) is 6. The molecule has 1 atom stereocenters. The standard InChI is InChI=1S/C18H19N3O5/c1-3-12-4-7-14(8-5-12)20-17(22)11(2)26-18(23)13-6-9-15(19)16(10-13)21(24)25/h4-11H,3,19H2,1-2H3,(H,20,22)/t11-/m1/s1. The monoisotopic (exact) mass is 357 g/mol. The number of carbonyl (C=O) groups is 2. The summed E-state index contributed by atoms with van der Waals surface area (Å²) in [5.41, 5.74) is 6.69. The summed E-state index contributed by atoms with van der Waals surface area (Å²) in [6.45, 7) is 3.44. The number of amides is 1. The maximum absolute atomic E-state index is 12.1. The topological polar surface area (TPSA) is 125 Å². The minimum Gasteiger partial charge on any atom is -0.449 e. The summed E-state index contributed by atoms with van der Waals surface area (Å²) in [7, 11) is 0. The Morgan fingerprint density at radius 3 is 2.46 bits per heavy atom. The van der Waals surface area contributed by atoms with Crippen molar-refractivity contribution in [3.63, 3.8) is 0 Å². The Labute approximate surface area is 150 Å². The van der Waals surface area contributed by atoms with Crippen molar-refractivity contribution in [2.24, 2.45) is 0 Å². The molecule has 2 rings (SSSR count). The van der Waals surface area contributed by atoms with Gasteiger partial charge in [0.2, 0.25) is 0 Å². The Balaban J connectivity index is 2.02. The second-order valence-corrected chi connectivity index (χ2v) is 5.62. The molecule has 0 unspecified atom stereocenters. The second-order valence-electron chi connectivity index (χ2n) is 5.62. The van der Waals surface area contributed by atoms with Gasteiger partial charge in [0.05, 0.1) is 10.5 Å². The quantitative estimate of drug-likeness (QED) is 0.354. The van der Waals surface area contributed by atoms with E-state index >= 15 is 0 Å². The fourth-order valence-corrected chi connectivity index (χ4v) is 2.18. The summed E-state index contributed by atoms with van der Waals surface area (Å²) in [4.78, 5) is 34.5. The molecule has 8 heteroatoms. The molecule has 0 fully saturated rings. The van der Waals surface area contributed by atoms with E-state index in [1.165, 1.54) is 19.1 Å². The first kappa shape index (κ1) is 18.9. The molecule has 136 valence electrons. The van der Waals surface area contributed by atoms with Gasteiger partial charge in [-0.1, -0.05) is 19.1 Å². The van der Waals surface area contributed by atoms with Crippen LogP contribution in [0.4, 0.5) is 17.1 Å². The number of nitrogens with one attached hydrogen (secondary N) is 1. The van der Waals surface area contributed by atoms with Crippen molar-refractivity contribution >= 4 is 28.9 Å². The van der Waals surface area contributed by atoms with E-state index in [2.05, 4.69) is 5.32 Å². The Kier molecular flexibility index (Phi) is 5.90. The number of nitrogens with two attached hydrogens (primary N) is 1. The van der Waals surface area contributed by atoms with Gasteiger partial charge >= 0.3 is 5.97 Å². The third-order valence-electron chi connectivity index (χ3n) is 3.75. The lowest BCUT2D eigenvalue weighted by Crippen LogP contribution is -2.30. The second kappa shape index (κ2) is 8.11. The molecule has 0 aliphatic carbocycles. The number of ether oxygens (including phenoxy) is 1. The summed E-state index contributed by atoms with van der Waals surface area (Å²) in [6, 6.07) is 10.9. The Hall–Kier alpha value is -3.42. The van der Waals surface area contributed by atoms with Crippen LogP contribution in [0.1, 0.15) is 29.8 Å². The normalized spacial score (nSPS) is 11.5. The third-order valence-corrected chi connectivity index (χ3v) is 3.75. The Bertz CT molecular complexity index is 833. The van der Waals surface area contributed by atoms with E-state index in [0.717, 1.165) is 18.1 Å². The van der Waals surface area contributed by atoms with E-state index < -0.39 is 28.6 Å². The van der Waals surface area contributed by atoms with Crippen LogP contribution in [0, 0.1) is 10.1 Å². The molecule has 0 saturated carbocycles. The van der Waals surface area contributed by atoms with E-state index in [0.29, 0.717) is 5.69 Å². The minimum absolute atomic E-state index is 0.0575. The van der Waals surface area contributed by atoms with Crippen LogP contribution in [0.2, 0.25) is 0 Å². The van der Waals surface area contributed by atoms with Gasteiger partial charge in [-0.2, -0.15) is 0 Å². The number of nitro groups is 1. The van der Waals surface area contributed by atoms with Crippen LogP contribution in [-0.4, -0.2) is 22.9 Å². The van der Waals surface area contributed by atoms with Gasteiger partial charge in [0.1, 0.15) is 5.69 Å². The third kappa shape index (κ3) is 4.56. The summed E-state index contributed by atoms with van der Waals surface area (Å²) < 4.78 is 5.08. The van der Waals surface area contributed by atoms with Crippen LogP contribution in [-0.2, 0) is 16.0 Å². The van der Waals surface area contributed by atoms with Crippen LogP contribution in [0.15, 0.2) is 42.5 Å². The minimum atomic E-state index is -1.08.